The lowest BCUT2D eigenvalue weighted by Gasteiger charge is -2.18. The van der Waals surface area contributed by atoms with Crippen molar-refractivity contribution in [1.82, 2.24) is 25.0 Å². The summed E-state index contributed by atoms with van der Waals surface area (Å²) in [5.41, 5.74) is 4.98. The van der Waals surface area contributed by atoms with Gasteiger partial charge in [0, 0.05) is 12.0 Å². The van der Waals surface area contributed by atoms with Crippen molar-refractivity contribution in [3.63, 3.8) is 0 Å². The summed E-state index contributed by atoms with van der Waals surface area (Å²) in [5, 5.41) is 21.2. The Hall–Kier alpha value is -3.59. The maximum atomic E-state index is 9.55. The van der Waals surface area contributed by atoms with E-state index in [1.807, 2.05) is 30.3 Å². The Labute approximate surface area is 157 Å². The summed E-state index contributed by atoms with van der Waals surface area (Å²) in [6, 6.07) is 18.2. The van der Waals surface area contributed by atoms with Gasteiger partial charge in [0.15, 0.2) is 0 Å². The first-order valence-corrected chi connectivity index (χ1v) is 8.87. The molecular weight excluding hydrogens is 336 g/mol. The van der Waals surface area contributed by atoms with E-state index in [0.717, 1.165) is 28.8 Å². The second-order valence-corrected chi connectivity index (χ2v) is 6.35. The van der Waals surface area contributed by atoms with Gasteiger partial charge in [0.25, 0.3) is 0 Å². The standard InChI is InChI=1S/C21H18N6/c1-3-20-24-21-17(18-9-10-23-26-25-18)11-15(13-22)12-19(21)27(20)14(2)16-7-5-4-6-8-16/h4-12,14H,3H2,1-2H3/t14-/m0/s1. The summed E-state index contributed by atoms with van der Waals surface area (Å²) in [5.74, 6) is 0.972. The van der Waals surface area contributed by atoms with E-state index in [-0.39, 0.29) is 6.04 Å². The van der Waals surface area contributed by atoms with Crippen LogP contribution in [0.1, 0.15) is 36.8 Å². The molecule has 0 N–H and O–H groups in total. The molecule has 0 spiro atoms. The molecule has 0 aliphatic heterocycles. The fourth-order valence-corrected chi connectivity index (χ4v) is 3.45. The van der Waals surface area contributed by atoms with Crippen LogP contribution in [0, 0.1) is 11.3 Å². The van der Waals surface area contributed by atoms with Gasteiger partial charge in [-0.3, -0.25) is 0 Å². The van der Waals surface area contributed by atoms with Crippen molar-refractivity contribution in [1.29, 1.82) is 5.26 Å². The molecule has 0 bridgehead atoms. The first-order chi connectivity index (χ1) is 13.2. The summed E-state index contributed by atoms with van der Waals surface area (Å²) in [4.78, 5) is 4.89. The highest BCUT2D eigenvalue weighted by Gasteiger charge is 2.20. The number of fused-ring (bicyclic) bond motifs is 1. The van der Waals surface area contributed by atoms with Crippen LogP contribution in [0.15, 0.2) is 54.7 Å². The minimum absolute atomic E-state index is 0.0940. The van der Waals surface area contributed by atoms with Gasteiger partial charge < -0.3 is 4.57 Å². The molecule has 0 saturated carbocycles. The number of nitriles is 1. The Morgan fingerprint density at radius 3 is 2.63 bits per heavy atom. The second-order valence-electron chi connectivity index (χ2n) is 6.35. The smallest absolute Gasteiger partial charge is 0.110 e. The number of hydrogen-bond acceptors (Lipinski definition) is 5. The van der Waals surface area contributed by atoms with E-state index in [0.29, 0.717) is 11.3 Å². The van der Waals surface area contributed by atoms with Gasteiger partial charge in [-0.05, 0) is 35.9 Å². The lowest BCUT2D eigenvalue weighted by atomic mass is 10.0. The summed E-state index contributed by atoms with van der Waals surface area (Å²) < 4.78 is 2.21. The molecule has 4 rings (SSSR count). The fourth-order valence-electron chi connectivity index (χ4n) is 3.45. The highest BCUT2D eigenvalue weighted by molar-refractivity contribution is 5.93. The zero-order valence-corrected chi connectivity index (χ0v) is 15.2. The van der Waals surface area contributed by atoms with Crippen LogP contribution in [0.4, 0.5) is 0 Å². The number of benzene rings is 2. The predicted molar refractivity (Wildman–Crippen MR) is 103 cm³/mol. The quantitative estimate of drug-likeness (QED) is 0.555. The lowest BCUT2D eigenvalue weighted by Crippen LogP contribution is -2.10. The number of imidazole rings is 1. The van der Waals surface area contributed by atoms with Gasteiger partial charge >= 0.3 is 0 Å². The Bertz CT molecular complexity index is 1130. The van der Waals surface area contributed by atoms with Crippen molar-refractivity contribution in [2.75, 3.05) is 0 Å². The molecule has 0 radical (unpaired) electrons. The molecule has 2 aromatic carbocycles. The minimum atomic E-state index is 0.0940. The van der Waals surface area contributed by atoms with Gasteiger partial charge in [0.2, 0.25) is 0 Å². The summed E-state index contributed by atoms with van der Waals surface area (Å²) in [7, 11) is 0. The average molecular weight is 354 g/mol. The normalized spacial score (nSPS) is 12.0. The Morgan fingerprint density at radius 1 is 1.15 bits per heavy atom. The summed E-state index contributed by atoms with van der Waals surface area (Å²) in [6.07, 6.45) is 2.38. The average Bonchev–Trinajstić information content (AvgIpc) is 3.12. The van der Waals surface area contributed by atoms with Crippen molar-refractivity contribution >= 4 is 11.0 Å². The van der Waals surface area contributed by atoms with Crippen LogP contribution < -0.4 is 0 Å². The number of aryl methyl sites for hydroxylation is 1. The van der Waals surface area contributed by atoms with Gasteiger partial charge in [0.05, 0.1) is 40.6 Å². The molecule has 2 heterocycles. The van der Waals surface area contributed by atoms with Crippen LogP contribution in [-0.4, -0.2) is 25.0 Å². The zero-order chi connectivity index (χ0) is 18.8. The minimum Gasteiger partial charge on any atom is -0.321 e. The molecule has 0 aliphatic rings. The van der Waals surface area contributed by atoms with Gasteiger partial charge in [-0.1, -0.05) is 37.3 Å². The maximum Gasteiger partial charge on any atom is 0.110 e. The molecule has 0 fully saturated rings. The largest absolute Gasteiger partial charge is 0.321 e. The van der Waals surface area contributed by atoms with Crippen LogP contribution in [-0.2, 0) is 6.42 Å². The molecule has 0 saturated heterocycles. The third-order valence-corrected chi connectivity index (χ3v) is 4.76. The molecule has 0 aliphatic carbocycles. The third-order valence-electron chi connectivity index (χ3n) is 4.76. The van der Waals surface area contributed by atoms with E-state index >= 15 is 0 Å². The Morgan fingerprint density at radius 2 is 1.96 bits per heavy atom. The molecule has 0 unspecified atom stereocenters. The van der Waals surface area contributed by atoms with Crippen molar-refractivity contribution in [3.05, 3.63) is 71.7 Å². The van der Waals surface area contributed by atoms with E-state index in [1.54, 1.807) is 12.3 Å². The van der Waals surface area contributed by atoms with E-state index in [1.165, 1.54) is 5.56 Å². The van der Waals surface area contributed by atoms with E-state index in [2.05, 4.69) is 52.0 Å². The molecule has 1 atom stereocenters. The molecule has 6 heteroatoms. The number of hydrogen-bond donors (Lipinski definition) is 0. The van der Waals surface area contributed by atoms with Crippen LogP contribution in [0.25, 0.3) is 22.3 Å². The molecule has 132 valence electrons. The first kappa shape index (κ1) is 16.9. The van der Waals surface area contributed by atoms with Gasteiger partial charge in [-0.15, -0.1) is 10.2 Å². The van der Waals surface area contributed by atoms with Crippen LogP contribution >= 0.6 is 0 Å². The van der Waals surface area contributed by atoms with Crippen LogP contribution in [0.2, 0.25) is 0 Å². The molecule has 4 aromatic rings. The monoisotopic (exact) mass is 354 g/mol. The van der Waals surface area contributed by atoms with E-state index in [9.17, 15) is 5.26 Å². The van der Waals surface area contributed by atoms with Crippen molar-refractivity contribution < 1.29 is 0 Å². The van der Waals surface area contributed by atoms with Gasteiger partial charge in [-0.25, -0.2) is 4.98 Å². The van der Waals surface area contributed by atoms with E-state index in [4.69, 9.17) is 4.98 Å². The number of nitrogens with zero attached hydrogens (tertiary/aromatic N) is 6. The SMILES string of the molecule is CCc1nc2c(-c3ccnnn3)cc(C#N)cc2n1[C@@H](C)c1ccccc1. The zero-order valence-electron chi connectivity index (χ0n) is 15.2. The second kappa shape index (κ2) is 6.96. The van der Waals surface area contributed by atoms with E-state index < -0.39 is 0 Å². The van der Waals surface area contributed by atoms with Gasteiger partial charge in [0.1, 0.15) is 5.82 Å². The topological polar surface area (TPSA) is 80.3 Å². The summed E-state index contributed by atoms with van der Waals surface area (Å²) in [6.45, 7) is 4.24. The van der Waals surface area contributed by atoms with Crippen LogP contribution in [0.3, 0.4) is 0 Å². The molecule has 2 aromatic heterocycles. The Kier molecular flexibility index (Phi) is 4.35. The predicted octanol–water partition coefficient (Wildman–Crippen LogP) is 3.93. The Balaban J connectivity index is 2.02. The lowest BCUT2D eigenvalue weighted by molar-refractivity contribution is 0.623. The van der Waals surface area contributed by atoms with Crippen LogP contribution in [0.5, 0.6) is 0 Å². The molecule has 0 amide bonds. The number of aromatic nitrogens is 5. The first-order valence-electron chi connectivity index (χ1n) is 8.87. The number of rotatable bonds is 4. The molecular formula is C21H18N6. The highest BCUT2D eigenvalue weighted by atomic mass is 15.3. The highest BCUT2D eigenvalue weighted by Crippen LogP contribution is 2.32. The molecule has 6 nitrogen and oxygen atoms in total. The van der Waals surface area contributed by atoms with Crippen molar-refractivity contribution in [2.24, 2.45) is 0 Å². The molecule has 27 heavy (non-hydrogen) atoms. The fraction of sp³-hybridized carbons (Fsp3) is 0.190. The van der Waals surface area contributed by atoms with Crippen molar-refractivity contribution in [3.8, 4) is 17.3 Å². The maximum absolute atomic E-state index is 9.55. The summed E-state index contributed by atoms with van der Waals surface area (Å²) >= 11 is 0. The van der Waals surface area contributed by atoms with Crippen molar-refractivity contribution in [2.45, 2.75) is 26.3 Å². The van der Waals surface area contributed by atoms with Gasteiger partial charge in [-0.2, -0.15) is 5.26 Å². The third kappa shape index (κ3) is 2.93.